The Balaban J connectivity index is 2.00. The zero-order valence-electron chi connectivity index (χ0n) is 10.6. The van der Waals surface area contributed by atoms with Crippen molar-refractivity contribution in [2.24, 2.45) is 0 Å². The van der Waals surface area contributed by atoms with Gasteiger partial charge < -0.3 is 10.6 Å². The van der Waals surface area contributed by atoms with Crippen LogP contribution in [0.15, 0.2) is 24.5 Å². The summed E-state index contributed by atoms with van der Waals surface area (Å²) in [6, 6.07) is 3.68. The minimum atomic E-state index is -0.169. The van der Waals surface area contributed by atoms with Crippen molar-refractivity contribution >= 4 is 28.8 Å². The van der Waals surface area contributed by atoms with Gasteiger partial charge in [0.1, 0.15) is 6.54 Å². The maximum absolute atomic E-state index is 11.9. The monoisotopic (exact) mass is 278 g/mol. The maximum atomic E-state index is 11.9. The molecular formula is C12H14N4O2S. The number of likely N-dealkylation sites (N-methyl/N-ethyl adjacent to an activating group) is 1. The summed E-state index contributed by atoms with van der Waals surface area (Å²) in [4.78, 5) is 24.8. The van der Waals surface area contributed by atoms with Crippen molar-refractivity contribution in [1.29, 1.82) is 0 Å². The number of amides is 2. The number of aryl methyl sites for hydroxylation is 1. The molecular weight excluding hydrogens is 264 g/mol. The van der Waals surface area contributed by atoms with Gasteiger partial charge in [-0.2, -0.15) is 5.10 Å². The first-order chi connectivity index (χ1) is 9.08. The second kappa shape index (κ2) is 5.66. The van der Waals surface area contributed by atoms with Gasteiger partial charge in [-0.15, -0.1) is 11.3 Å². The van der Waals surface area contributed by atoms with E-state index < -0.39 is 0 Å². The third-order valence-corrected chi connectivity index (χ3v) is 3.44. The Morgan fingerprint density at radius 3 is 2.84 bits per heavy atom. The first-order valence-electron chi connectivity index (χ1n) is 5.69. The van der Waals surface area contributed by atoms with Crippen LogP contribution in [-0.2, 0) is 11.3 Å². The van der Waals surface area contributed by atoms with Crippen molar-refractivity contribution in [1.82, 2.24) is 15.1 Å². The van der Waals surface area contributed by atoms with Crippen LogP contribution < -0.4 is 10.6 Å². The summed E-state index contributed by atoms with van der Waals surface area (Å²) in [7, 11) is 1.56. The van der Waals surface area contributed by atoms with Crippen molar-refractivity contribution in [3.8, 4) is 0 Å². The number of thiophene rings is 1. The topological polar surface area (TPSA) is 76.0 Å². The zero-order valence-corrected chi connectivity index (χ0v) is 11.5. The number of carbonyl (C=O) groups excluding carboxylic acids is 2. The average Bonchev–Trinajstić information content (AvgIpc) is 2.98. The standard InChI is InChI=1S/C12H14N4O2S/c1-8-3-4-10(19-8)12(18)15-9-5-14-16(6-9)7-11(17)13-2/h3-6H,7H2,1-2H3,(H,13,17)(H,15,18). The van der Waals surface area contributed by atoms with E-state index in [-0.39, 0.29) is 18.4 Å². The van der Waals surface area contributed by atoms with Gasteiger partial charge in [-0.3, -0.25) is 14.3 Å². The summed E-state index contributed by atoms with van der Waals surface area (Å²) in [5.41, 5.74) is 0.569. The lowest BCUT2D eigenvalue weighted by atomic mass is 10.4. The van der Waals surface area contributed by atoms with Crippen LogP contribution in [-0.4, -0.2) is 28.6 Å². The lowest BCUT2D eigenvalue weighted by Gasteiger charge is -2.00. The molecule has 2 heterocycles. The molecule has 0 aliphatic rings. The second-order valence-corrected chi connectivity index (χ2v) is 5.25. The Bertz CT molecular complexity index is 602. The minimum Gasteiger partial charge on any atom is -0.358 e. The predicted octanol–water partition coefficient (Wildman–Crippen LogP) is 1.25. The number of hydrogen-bond donors (Lipinski definition) is 2. The van der Waals surface area contributed by atoms with Gasteiger partial charge in [0.05, 0.1) is 16.8 Å². The lowest BCUT2D eigenvalue weighted by Crippen LogP contribution is -2.23. The first kappa shape index (κ1) is 13.3. The largest absolute Gasteiger partial charge is 0.358 e. The molecule has 0 aliphatic heterocycles. The molecule has 0 spiro atoms. The molecule has 0 atom stereocenters. The molecule has 0 bridgehead atoms. The van der Waals surface area contributed by atoms with Crippen molar-refractivity contribution < 1.29 is 9.59 Å². The zero-order chi connectivity index (χ0) is 13.8. The van der Waals surface area contributed by atoms with Gasteiger partial charge in [-0.1, -0.05) is 0 Å². The molecule has 2 aromatic rings. The number of carbonyl (C=O) groups is 2. The van der Waals surface area contributed by atoms with Gasteiger partial charge in [-0.05, 0) is 19.1 Å². The molecule has 0 aliphatic carbocycles. The van der Waals surface area contributed by atoms with Gasteiger partial charge in [-0.25, -0.2) is 0 Å². The fourth-order valence-electron chi connectivity index (χ4n) is 1.49. The smallest absolute Gasteiger partial charge is 0.265 e. The second-order valence-electron chi connectivity index (χ2n) is 3.96. The molecule has 0 unspecified atom stereocenters. The van der Waals surface area contributed by atoms with E-state index in [4.69, 9.17) is 0 Å². The number of aromatic nitrogens is 2. The molecule has 0 saturated carbocycles. The molecule has 2 rings (SSSR count). The van der Waals surface area contributed by atoms with Crippen LogP contribution >= 0.6 is 11.3 Å². The Morgan fingerprint density at radius 1 is 1.42 bits per heavy atom. The average molecular weight is 278 g/mol. The third kappa shape index (κ3) is 3.41. The highest BCUT2D eigenvalue weighted by atomic mass is 32.1. The van der Waals surface area contributed by atoms with Gasteiger partial charge in [0.2, 0.25) is 5.91 Å². The normalized spacial score (nSPS) is 10.2. The molecule has 6 nitrogen and oxygen atoms in total. The molecule has 0 fully saturated rings. The van der Waals surface area contributed by atoms with E-state index in [9.17, 15) is 9.59 Å². The van der Waals surface area contributed by atoms with E-state index >= 15 is 0 Å². The SMILES string of the molecule is CNC(=O)Cn1cc(NC(=O)c2ccc(C)s2)cn1. The van der Waals surface area contributed by atoms with Crippen molar-refractivity contribution in [3.63, 3.8) is 0 Å². The Kier molecular flexibility index (Phi) is 3.96. The van der Waals surface area contributed by atoms with Crippen molar-refractivity contribution in [3.05, 3.63) is 34.3 Å². The molecule has 2 aromatic heterocycles. The quantitative estimate of drug-likeness (QED) is 0.883. The van der Waals surface area contributed by atoms with Crippen LogP contribution in [0.3, 0.4) is 0 Å². The van der Waals surface area contributed by atoms with E-state index in [0.717, 1.165) is 4.88 Å². The number of rotatable bonds is 4. The highest BCUT2D eigenvalue weighted by Crippen LogP contribution is 2.16. The van der Waals surface area contributed by atoms with Crippen LogP contribution in [0.2, 0.25) is 0 Å². The molecule has 19 heavy (non-hydrogen) atoms. The van der Waals surface area contributed by atoms with Gasteiger partial charge in [0.25, 0.3) is 5.91 Å². The van der Waals surface area contributed by atoms with Crippen LogP contribution in [0.5, 0.6) is 0 Å². The summed E-state index contributed by atoms with van der Waals surface area (Å²) in [6.07, 6.45) is 3.13. The van der Waals surface area contributed by atoms with E-state index in [1.54, 1.807) is 19.3 Å². The number of hydrogen-bond acceptors (Lipinski definition) is 4. The number of nitrogens with zero attached hydrogens (tertiary/aromatic N) is 2. The molecule has 0 aromatic carbocycles. The van der Waals surface area contributed by atoms with Gasteiger partial charge in [0.15, 0.2) is 0 Å². The molecule has 0 radical (unpaired) electrons. The van der Waals surface area contributed by atoms with Crippen LogP contribution in [0, 0.1) is 6.92 Å². The highest BCUT2D eigenvalue weighted by Gasteiger charge is 2.10. The fraction of sp³-hybridized carbons (Fsp3) is 0.250. The van der Waals surface area contributed by atoms with E-state index in [2.05, 4.69) is 15.7 Å². The van der Waals surface area contributed by atoms with E-state index in [1.165, 1.54) is 22.2 Å². The third-order valence-electron chi connectivity index (χ3n) is 2.44. The van der Waals surface area contributed by atoms with E-state index in [0.29, 0.717) is 10.6 Å². The molecule has 7 heteroatoms. The maximum Gasteiger partial charge on any atom is 0.265 e. The van der Waals surface area contributed by atoms with Crippen LogP contribution in [0.1, 0.15) is 14.5 Å². The Morgan fingerprint density at radius 2 is 2.21 bits per heavy atom. The summed E-state index contributed by atoms with van der Waals surface area (Å²) < 4.78 is 1.47. The highest BCUT2D eigenvalue weighted by molar-refractivity contribution is 7.14. The number of anilines is 1. The Hall–Kier alpha value is -2.15. The summed E-state index contributed by atoms with van der Waals surface area (Å²) >= 11 is 1.43. The van der Waals surface area contributed by atoms with Crippen molar-refractivity contribution in [2.75, 3.05) is 12.4 Å². The lowest BCUT2D eigenvalue weighted by molar-refractivity contribution is -0.121. The van der Waals surface area contributed by atoms with Gasteiger partial charge in [0, 0.05) is 18.1 Å². The van der Waals surface area contributed by atoms with Crippen molar-refractivity contribution in [2.45, 2.75) is 13.5 Å². The molecule has 2 N–H and O–H groups in total. The fourth-order valence-corrected chi connectivity index (χ4v) is 2.25. The minimum absolute atomic E-state index is 0.129. The van der Waals surface area contributed by atoms with E-state index in [1.807, 2.05) is 13.0 Å². The number of nitrogens with one attached hydrogen (secondary N) is 2. The van der Waals surface area contributed by atoms with Gasteiger partial charge >= 0.3 is 0 Å². The van der Waals surface area contributed by atoms with Crippen LogP contribution in [0.25, 0.3) is 0 Å². The Labute approximate surface area is 114 Å². The predicted molar refractivity (Wildman–Crippen MR) is 73.3 cm³/mol. The molecule has 0 saturated heterocycles. The molecule has 2 amide bonds. The summed E-state index contributed by atoms with van der Waals surface area (Å²) in [6.45, 7) is 2.08. The molecule has 100 valence electrons. The van der Waals surface area contributed by atoms with Crippen LogP contribution in [0.4, 0.5) is 5.69 Å². The summed E-state index contributed by atoms with van der Waals surface area (Å²) in [5, 5.41) is 9.25. The summed E-state index contributed by atoms with van der Waals surface area (Å²) in [5.74, 6) is -0.313. The first-order valence-corrected chi connectivity index (χ1v) is 6.51.